The first-order valence-corrected chi connectivity index (χ1v) is 6.69. The van der Waals surface area contributed by atoms with Crippen molar-refractivity contribution in [3.63, 3.8) is 0 Å². The average molecular weight is 259 g/mol. The summed E-state index contributed by atoms with van der Waals surface area (Å²) in [6, 6.07) is 4.00. The number of pyridine rings is 1. The molecule has 6 heteroatoms. The van der Waals surface area contributed by atoms with Gasteiger partial charge in [-0.25, -0.2) is 9.50 Å². The van der Waals surface area contributed by atoms with Crippen molar-refractivity contribution in [1.82, 2.24) is 19.6 Å². The predicted molar refractivity (Wildman–Crippen MR) is 72.0 cm³/mol. The molecule has 3 heterocycles. The number of anilines is 1. The second-order valence-corrected chi connectivity index (χ2v) is 4.82. The van der Waals surface area contributed by atoms with Gasteiger partial charge in [0.25, 0.3) is 0 Å². The summed E-state index contributed by atoms with van der Waals surface area (Å²) >= 11 is 1.62. The van der Waals surface area contributed by atoms with Gasteiger partial charge in [0.1, 0.15) is 0 Å². The number of nitrogens with zero attached hydrogens (tertiary/aromatic N) is 4. The smallest absolute Gasteiger partial charge is 0.243 e. The Morgan fingerprint density at radius 2 is 2.33 bits per heavy atom. The molecule has 18 heavy (non-hydrogen) atoms. The minimum absolute atomic E-state index is 0.663. The highest BCUT2D eigenvalue weighted by atomic mass is 32.1. The molecule has 0 bridgehead atoms. The molecule has 0 atom stereocenters. The van der Waals surface area contributed by atoms with Crippen molar-refractivity contribution in [3.05, 3.63) is 40.5 Å². The van der Waals surface area contributed by atoms with Crippen LogP contribution in [0.2, 0.25) is 0 Å². The fraction of sp³-hybridized carbons (Fsp3) is 0.250. The minimum atomic E-state index is 0.663. The number of aryl methyl sites for hydroxylation is 1. The SMILES string of the molecule is Cc1ccc2nc(NCCc3cscn3)nn2c1. The highest BCUT2D eigenvalue weighted by Crippen LogP contribution is 2.07. The maximum absolute atomic E-state index is 4.40. The molecule has 0 radical (unpaired) electrons. The summed E-state index contributed by atoms with van der Waals surface area (Å²) in [7, 11) is 0. The Balaban J connectivity index is 1.67. The molecule has 0 aliphatic rings. The average Bonchev–Trinajstić information content (AvgIpc) is 2.97. The number of hydrogen-bond donors (Lipinski definition) is 1. The largest absolute Gasteiger partial charge is 0.353 e. The third-order valence-electron chi connectivity index (χ3n) is 2.63. The fourth-order valence-electron chi connectivity index (χ4n) is 1.72. The number of fused-ring (bicyclic) bond motifs is 1. The van der Waals surface area contributed by atoms with Gasteiger partial charge in [0, 0.05) is 24.5 Å². The van der Waals surface area contributed by atoms with Gasteiger partial charge in [0.05, 0.1) is 11.2 Å². The standard InChI is InChI=1S/C12H13N5S/c1-9-2-3-11-15-12(16-17(11)6-9)13-5-4-10-7-18-8-14-10/h2-3,6-8H,4-5H2,1H3,(H,13,16). The molecule has 0 fully saturated rings. The van der Waals surface area contributed by atoms with Gasteiger partial charge in [-0.3, -0.25) is 0 Å². The first-order valence-electron chi connectivity index (χ1n) is 5.75. The normalized spacial score (nSPS) is 10.9. The molecule has 0 amide bonds. The third kappa shape index (κ3) is 2.33. The molecule has 92 valence electrons. The van der Waals surface area contributed by atoms with Crippen molar-refractivity contribution in [2.45, 2.75) is 13.3 Å². The van der Waals surface area contributed by atoms with Gasteiger partial charge in [0.2, 0.25) is 5.95 Å². The predicted octanol–water partition coefficient (Wildman–Crippen LogP) is 2.15. The van der Waals surface area contributed by atoms with Crippen molar-refractivity contribution in [2.75, 3.05) is 11.9 Å². The van der Waals surface area contributed by atoms with Crippen molar-refractivity contribution in [3.8, 4) is 0 Å². The Labute approximate surface area is 109 Å². The van der Waals surface area contributed by atoms with Gasteiger partial charge in [-0.2, -0.15) is 4.98 Å². The summed E-state index contributed by atoms with van der Waals surface area (Å²) in [5, 5.41) is 9.64. The van der Waals surface area contributed by atoms with E-state index >= 15 is 0 Å². The number of aromatic nitrogens is 4. The quantitative estimate of drug-likeness (QED) is 0.780. The lowest BCUT2D eigenvalue weighted by Gasteiger charge is -1.98. The molecule has 3 aromatic rings. The van der Waals surface area contributed by atoms with Crippen molar-refractivity contribution in [1.29, 1.82) is 0 Å². The lowest BCUT2D eigenvalue weighted by Crippen LogP contribution is -2.06. The van der Waals surface area contributed by atoms with E-state index < -0.39 is 0 Å². The van der Waals surface area contributed by atoms with Crippen LogP contribution in [0.3, 0.4) is 0 Å². The van der Waals surface area contributed by atoms with Crippen LogP contribution in [0.15, 0.2) is 29.2 Å². The fourth-order valence-corrected chi connectivity index (χ4v) is 2.32. The summed E-state index contributed by atoms with van der Waals surface area (Å²) in [5.41, 5.74) is 4.98. The molecule has 3 aromatic heterocycles. The zero-order valence-corrected chi connectivity index (χ0v) is 10.8. The number of rotatable bonds is 4. The van der Waals surface area contributed by atoms with Crippen LogP contribution in [-0.4, -0.2) is 26.1 Å². The molecule has 0 aliphatic heterocycles. The van der Waals surface area contributed by atoms with Gasteiger partial charge in [0.15, 0.2) is 5.65 Å². The van der Waals surface area contributed by atoms with Gasteiger partial charge in [-0.15, -0.1) is 16.4 Å². The number of thiazole rings is 1. The van der Waals surface area contributed by atoms with Gasteiger partial charge >= 0.3 is 0 Å². The van der Waals surface area contributed by atoms with Crippen molar-refractivity contribution >= 4 is 22.9 Å². The lowest BCUT2D eigenvalue weighted by molar-refractivity contribution is 0.922. The monoisotopic (exact) mass is 259 g/mol. The van der Waals surface area contributed by atoms with E-state index in [9.17, 15) is 0 Å². The van der Waals surface area contributed by atoms with E-state index in [1.807, 2.05) is 30.8 Å². The first kappa shape index (κ1) is 11.2. The highest BCUT2D eigenvalue weighted by molar-refractivity contribution is 7.07. The second kappa shape index (κ2) is 4.73. The summed E-state index contributed by atoms with van der Waals surface area (Å²) < 4.78 is 1.79. The van der Waals surface area contributed by atoms with E-state index in [1.54, 1.807) is 15.9 Å². The number of nitrogens with one attached hydrogen (secondary N) is 1. The van der Waals surface area contributed by atoms with Gasteiger partial charge in [-0.1, -0.05) is 6.07 Å². The van der Waals surface area contributed by atoms with E-state index in [-0.39, 0.29) is 0 Å². The highest BCUT2D eigenvalue weighted by Gasteiger charge is 2.03. The van der Waals surface area contributed by atoms with Crippen molar-refractivity contribution in [2.24, 2.45) is 0 Å². The second-order valence-electron chi connectivity index (χ2n) is 4.10. The van der Waals surface area contributed by atoms with E-state index in [4.69, 9.17) is 0 Å². The van der Waals surface area contributed by atoms with Crippen LogP contribution in [0.25, 0.3) is 5.65 Å². The molecule has 0 unspecified atom stereocenters. The molecular weight excluding hydrogens is 246 g/mol. The Hall–Kier alpha value is -1.95. The van der Waals surface area contributed by atoms with Crippen LogP contribution in [0.1, 0.15) is 11.3 Å². The summed E-state index contributed by atoms with van der Waals surface area (Å²) in [6.45, 7) is 2.83. The molecule has 0 aromatic carbocycles. The summed E-state index contributed by atoms with van der Waals surface area (Å²) in [4.78, 5) is 8.63. The van der Waals surface area contributed by atoms with Crippen LogP contribution >= 0.6 is 11.3 Å². The molecule has 5 nitrogen and oxygen atoms in total. The Bertz CT molecular complexity index is 644. The van der Waals surface area contributed by atoms with Crippen LogP contribution in [0, 0.1) is 6.92 Å². The van der Waals surface area contributed by atoms with Gasteiger partial charge < -0.3 is 5.32 Å². The first-order chi connectivity index (χ1) is 8.81. The third-order valence-corrected chi connectivity index (χ3v) is 3.26. The van der Waals surface area contributed by atoms with E-state index in [0.29, 0.717) is 5.95 Å². The Morgan fingerprint density at radius 3 is 3.17 bits per heavy atom. The zero-order valence-electron chi connectivity index (χ0n) is 10.00. The Morgan fingerprint density at radius 1 is 1.39 bits per heavy atom. The van der Waals surface area contributed by atoms with Crippen LogP contribution in [0.4, 0.5) is 5.95 Å². The van der Waals surface area contributed by atoms with Crippen molar-refractivity contribution < 1.29 is 0 Å². The number of hydrogen-bond acceptors (Lipinski definition) is 5. The maximum atomic E-state index is 4.40. The molecule has 0 aliphatic carbocycles. The van der Waals surface area contributed by atoms with Crippen LogP contribution in [0.5, 0.6) is 0 Å². The lowest BCUT2D eigenvalue weighted by atomic mass is 10.3. The molecule has 1 N–H and O–H groups in total. The molecule has 0 spiro atoms. The minimum Gasteiger partial charge on any atom is -0.353 e. The summed E-state index contributed by atoms with van der Waals surface area (Å²) in [5.74, 6) is 0.663. The topological polar surface area (TPSA) is 55.1 Å². The van der Waals surface area contributed by atoms with Crippen LogP contribution < -0.4 is 5.32 Å². The van der Waals surface area contributed by atoms with E-state index in [0.717, 1.165) is 24.3 Å². The van der Waals surface area contributed by atoms with Gasteiger partial charge in [-0.05, 0) is 18.6 Å². The van der Waals surface area contributed by atoms with E-state index in [1.165, 1.54) is 5.56 Å². The molecule has 0 saturated carbocycles. The molecule has 3 rings (SSSR count). The summed E-state index contributed by atoms with van der Waals surface area (Å²) in [6.07, 6.45) is 2.85. The Kier molecular flexibility index (Phi) is 2.93. The zero-order chi connectivity index (χ0) is 12.4. The van der Waals surface area contributed by atoms with E-state index in [2.05, 4.69) is 25.8 Å². The molecular formula is C12H13N5S. The maximum Gasteiger partial charge on any atom is 0.243 e. The molecule has 0 saturated heterocycles. The van der Waals surface area contributed by atoms with Crippen LogP contribution in [-0.2, 0) is 6.42 Å².